The molecule has 0 unspecified atom stereocenters. The van der Waals surface area contributed by atoms with Crippen molar-refractivity contribution in [3.8, 4) is 0 Å². The Kier molecular flexibility index (Phi) is 4.95. The van der Waals surface area contributed by atoms with Crippen molar-refractivity contribution in [1.82, 2.24) is 15.2 Å². The minimum Gasteiger partial charge on any atom is -0.333 e. The number of urea groups is 1. The van der Waals surface area contributed by atoms with Gasteiger partial charge in [0.05, 0.1) is 23.8 Å². The van der Waals surface area contributed by atoms with Crippen molar-refractivity contribution >= 4 is 44.6 Å². The molecule has 0 aromatic carbocycles. The van der Waals surface area contributed by atoms with Gasteiger partial charge in [-0.15, -0.1) is 22.7 Å². The highest BCUT2D eigenvalue weighted by Crippen LogP contribution is 2.19. The molecular weight excluding hydrogens is 346 g/mol. The second-order valence-corrected chi connectivity index (χ2v) is 7.08. The second-order valence-electron chi connectivity index (χ2n) is 4.10. The summed E-state index contributed by atoms with van der Waals surface area (Å²) in [4.78, 5) is 19.0. The average molecular weight is 360 g/mol. The molecule has 0 fully saturated rings. The fourth-order valence-corrected chi connectivity index (χ4v) is 3.53. The topological polar surface area (TPSA) is 45.2 Å². The van der Waals surface area contributed by atoms with E-state index >= 15 is 0 Å². The van der Waals surface area contributed by atoms with Crippen molar-refractivity contribution in [3.05, 3.63) is 36.9 Å². The van der Waals surface area contributed by atoms with Crippen LogP contribution in [0, 0.1) is 6.92 Å². The quantitative estimate of drug-likeness (QED) is 0.905. The van der Waals surface area contributed by atoms with Gasteiger partial charge < -0.3 is 10.2 Å². The molecule has 0 aliphatic heterocycles. The van der Waals surface area contributed by atoms with Gasteiger partial charge in [0.2, 0.25) is 0 Å². The number of nitrogens with zero attached hydrogens (tertiary/aromatic N) is 2. The predicted octanol–water partition coefficient (Wildman–Crippen LogP) is 3.62. The molecule has 0 radical (unpaired) electrons. The number of hydrogen-bond donors (Lipinski definition) is 1. The molecule has 7 heteroatoms. The predicted molar refractivity (Wildman–Crippen MR) is 82.6 cm³/mol. The lowest BCUT2D eigenvalue weighted by molar-refractivity contribution is 0.206. The summed E-state index contributed by atoms with van der Waals surface area (Å²) in [6, 6.07) is 1.92. The summed E-state index contributed by atoms with van der Waals surface area (Å²) < 4.78 is 1.05. The zero-order chi connectivity index (χ0) is 13.8. The van der Waals surface area contributed by atoms with Crippen LogP contribution >= 0.6 is 38.6 Å². The van der Waals surface area contributed by atoms with Gasteiger partial charge in [-0.05, 0) is 28.9 Å². The number of amides is 2. The number of rotatable bonds is 4. The van der Waals surface area contributed by atoms with Crippen LogP contribution < -0.4 is 5.32 Å². The summed E-state index contributed by atoms with van der Waals surface area (Å²) in [7, 11) is 1.77. The SMILES string of the molecule is Cc1nc(CN(C)C(=O)NCc2cc(Br)cs2)cs1. The van der Waals surface area contributed by atoms with Crippen molar-refractivity contribution in [2.45, 2.75) is 20.0 Å². The highest BCUT2D eigenvalue weighted by atomic mass is 79.9. The number of aromatic nitrogens is 1. The summed E-state index contributed by atoms with van der Waals surface area (Å²) in [5.74, 6) is 0. The molecule has 1 N–H and O–H groups in total. The lowest BCUT2D eigenvalue weighted by atomic mass is 10.4. The van der Waals surface area contributed by atoms with Gasteiger partial charge >= 0.3 is 6.03 Å². The Hall–Kier alpha value is -0.920. The monoisotopic (exact) mass is 359 g/mol. The molecule has 2 heterocycles. The molecule has 0 aliphatic rings. The van der Waals surface area contributed by atoms with Gasteiger partial charge in [0.1, 0.15) is 0 Å². The molecule has 2 aromatic heterocycles. The molecule has 2 rings (SSSR count). The van der Waals surface area contributed by atoms with Gasteiger partial charge in [0, 0.05) is 27.2 Å². The van der Waals surface area contributed by atoms with E-state index < -0.39 is 0 Å². The van der Waals surface area contributed by atoms with Crippen molar-refractivity contribution in [3.63, 3.8) is 0 Å². The molecule has 0 aliphatic carbocycles. The van der Waals surface area contributed by atoms with E-state index in [9.17, 15) is 4.79 Å². The van der Waals surface area contributed by atoms with Gasteiger partial charge in [0.25, 0.3) is 0 Å². The molecule has 19 heavy (non-hydrogen) atoms. The van der Waals surface area contributed by atoms with Gasteiger partial charge in [-0.25, -0.2) is 9.78 Å². The maximum Gasteiger partial charge on any atom is 0.317 e. The van der Waals surface area contributed by atoms with Crippen LogP contribution in [0.5, 0.6) is 0 Å². The number of thiazole rings is 1. The van der Waals surface area contributed by atoms with E-state index in [4.69, 9.17) is 0 Å². The van der Waals surface area contributed by atoms with E-state index in [2.05, 4.69) is 26.2 Å². The van der Waals surface area contributed by atoms with Gasteiger partial charge in [-0.1, -0.05) is 0 Å². The Labute approximate surface area is 128 Å². The zero-order valence-corrected chi connectivity index (χ0v) is 13.9. The number of carbonyl (C=O) groups excluding carboxylic acids is 1. The van der Waals surface area contributed by atoms with E-state index in [1.54, 1.807) is 34.6 Å². The molecular formula is C12H14BrN3OS2. The van der Waals surface area contributed by atoms with Crippen LogP contribution in [0.3, 0.4) is 0 Å². The number of carbonyl (C=O) groups is 1. The molecule has 0 spiro atoms. The maximum atomic E-state index is 11.9. The Morgan fingerprint density at radius 1 is 1.47 bits per heavy atom. The lowest BCUT2D eigenvalue weighted by Crippen LogP contribution is -2.36. The molecule has 0 bridgehead atoms. The average Bonchev–Trinajstić information content (AvgIpc) is 2.95. The highest BCUT2D eigenvalue weighted by Gasteiger charge is 2.10. The van der Waals surface area contributed by atoms with Crippen LogP contribution in [0.15, 0.2) is 21.3 Å². The third kappa shape index (κ3) is 4.29. The highest BCUT2D eigenvalue weighted by molar-refractivity contribution is 9.10. The molecule has 2 amide bonds. The molecule has 0 atom stereocenters. The van der Waals surface area contributed by atoms with Crippen LogP contribution in [-0.2, 0) is 13.1 Å². The number of halogens is 1. The lowest BCUT2D eigenvalue weighted by Gasteiger charge is -2.16. The Bertz CT molecular complexity index is 567. The van der Waals surface area contributed by atoms with Crippen LogP contribution in [0.4, 0.5) is 4.79 Å². The van der Waals surface area contributed by atoms with Crippen molar-refractivity contribution in [2.75, 3.05) is 7.05 Å². The molecule has 0 saturated heterocycles. The molecule has 4 nitrogen and oxygen atoms in total. The molecule has 0 saturated carbocycles. The van der Waals surface area contributed by atoms with Crippen molar-refractivity contribution < 1.29 is 4.79 Å². The fraction of sp³-hybridized carbons (Fsp3) is 0.333. The largest absolute Gasteiger partial charge is 0.333 e. The first-order valence-electron chi connectivity index (χ1n) is 5.67. The van der Waals surface area contributed by atoms with Crippen molar-refractivity contribution in [1.29, 1.82) is 0 Å². The van der Waals surface area contributed by atoms with Gasteiger partial charge in [-0.3, -0.25) is 0 Å². The van der Waals surface area contributed by atoms with E-state index in [1.807, 2.05) is 23.8 Å². The third-order valence-electron chi connectivity index (χ3n) is 2.45. The van der Waals surface area contributed by atoms with Crippen LogP contribution in [-0.4, -0.2) is 23.0 Å². The van der Waals surface area contributed by atoms with E-state index in [0.29, 0.717) is 13.1 Å². The smallest absolute Gasteiger partial charge is 0.317 e. The van der Waals surface area contributed by atoms with Crippen molar-refractivity contribution in [2.24, 2.45) is 0 Å². The number of aryl methyl sites for hydroxylation is 1. The summed E-state index contributed by atoms with van der Waals surface area (Å²) in [5, 5.41) is 7.90. The zero-order valence-electron chi connectivity index (χ0n) is 10.6. The molecule has 102 valence electrons. The first-order chi connectivity index (χ1) is 9.04. The van der Waals surface area contributed by atoms with Crippen LogP contribution in [0.25, 0.3) is 0 Å². The maximum absolute atomic E-state index is 11.9. The normalized spacial score (nSPS) is 10.5. The Balaban J connectivity index is 1.82. The first kappa shape index (κ1) is 14.5. The Morgan fingerprint density at radius 2 is 2.26 bits per heavy atom. The standard InChI is InChI=1S/C12H14BrN3OS2/c1-8-15-10(7-18-8)5-16(2)12(17)14-4-11-3-9(13)6-19-11/h3,6-7H,4-5H2,1-2H3,(H,14,17). The van der Waals surface area contributed by atoms with E-state index in [1.165, 1.54) is 0 Å². The minimum atomic E-state index is -0.0878. The molecule has 2 aromatic rings. The Morgan fingerprint density at radius 3 is 2.84 bits per heavy atom. The first-order valence-corrected chi connectivity index (χ1v) is 8.22. The third-order valence-corrected chi connectivity index (χ3v) is 4.97. The number of hydrogen-bond acceptors (Lipinski definition) is 4. The fourth-order valence-electron chi connectivity index (χ4n) is 1.54. The number of thiophene rings is 1. The summed E-state index contributed by atoms with van der Waals surface area (Å²) >= 11 is 6.61. The van der Waals surface area contributed by atoms with Gasteiger partial charge in [-0.2, -0.15) is 0 Å². The minimum absolute atomic E-state index is 0.0878. The van der Waals surface area contributed by atoms with E-state index in [-0.39, 0.29) is 6.03 Å². The summed E-state index contributed by atoms with van der Waals surface area (Å²) in [5.41, 5.74) is 0.930. The second kappa shape index (κ2) is 6.49. The van der Waals surface area contributed by atoms with E-state index in [0.717, 1.165) is 20.1 Å². The van der Waals surface area contributed by atoms with Crippen LogP contribution in [0.1, 0.15) is 15.6 Å². The number of nitrogens with one attached hydrogen (secondary N) is 1. The summed E-state index contributed by atoms with van der Waals surface area (Å²) in [6.07, 6.45) is 0. The summed E-state index contributed by atoms with van der Waals surface area (Å²) in [6.45, 7) is 3.04. The van der Waals surface area contributed by atoms with Crippen LogP contribution in [0.2, 0.25) is 0 Å². The van der Waals surface area contributed by atoms with Gasteiger partial charge in [0.15, 0.2) is 0 Å².